The van der Waals surface area contributed by atoms with Crippen LogP contribution >= 0.6 is 11.6 Å². The van der Waals surface area contributed by atoms with E-state index in [9.17, 15) is 9.59 Å². The Morgan fingerprint density at radius 1 is 1.35 bits per heavy atom. The van der Waals surface area contributed by atoms with Gasteiger partial charge in [-0.2, -0.15) is 0 Å². The van der Waals surface area contributed by atoms with Crippen LogP contribution in [0.1, 0.15) is 31.9 Å². The van der Waals surface area contributed by atoms with Crippen molar-refractivity contribution in [3.63, 3.8) is 0 Å². The second-order valence-corrected chi connectivity index (χ2v) is 5.16. The van der Waals surface area contributed by atoms with E-state index in [2.05, 4.69) is 5.32 Å². The number of urea groups is 1. The molecule has 5 nitrogen and oxygen atoms in total. The fourth-order valence-corrected chi connectivity index (χ4v) is 2.12. The standard InChI is InChI=1S/C14H19ClN2O3/c1-9(8-13(18)19)16-14(20)17(3)10(2)11-6-4-5-7-12(11)15/h4-7,9-10H,8H2,1-3H3,(H,16,20)(H,18,19). The Balaban J connectivity index is 2.69. The predicted molar refractivity (Wildman–Crippen MR) is 77.9 cm³/mol. The Morgan fingerprint density at radius 3 is 2.50 bits per heavy atom. The molecule has 110 valence electrons. The predicted octanol–water partition coefficient (Wildman–Crippen LogP) is 2.91. The highest BCUT2D eigenvalue weighted by Crippen LogP contribution is 2.26. The van der Waals surface area contributed by atoms with Crippen molar-refractivity contribution in [1.29, 1.82) is 0 Å². The third-order valence-electron chi connectivity index (χ3n) is 3.11. The molecular formula is C14H19ClN2O3. The maximum absolute atomic E-state index is 12.0. The first-order valence-electron chi connectivity index (χ1n) is 6.32. The molecule has 0 radical (unpaired) electrons. The third kappa shape index (κ3) is 4.42. The largest absolute Gasteiger partial charge is 0.481 e. The van der Waals surface area contributed by atoms with Gasteiger partial charge < -0.3 is 15.3 Å². The molecule has 0 saturated heterocycles. The minimum Gasteiger partial charge on any atom is -0.481 e. The molecule has 0 saturated carbocycles. The van der Waals surface area contributed by atoms with Crippen LogP contribution in [0.25, 0.3) is 0 Å². The van der Waals surface area contributed by atoms with Crippen LogP contribution in [0.15, 0.2) is 24.3 Å². The summed E-state index contributed by atoms with van der Waals surface area (Å²) in [5.41, 5.74) is 0.845. The van der Waals surface area contributed by atoms with Gasteiger partial charge in [-0.05, 0) is 25.5 Å². The number of rotatable bonds is 5. The molecule has 0 aliphatic rings. The van der Waals surface area contributed by atoms with E-state index in [-0.39, 0.29) is 18.5 Å². The van der Waals surface area contributed by atoms with E-state index >= 15 is 0 Å². The van der Waals surface area contributed by atoms with Gasteiger partial charge in [-0.3, -0.25) is 4.79 Å². The van der Waals surface area contributed by atoms with E-state index in [4.69, 9.17) is 16.7 Å². The molecule has 0 aliphatic heterocycles. The fourth-order valence-electron chi connectivity index (χ4n) is 1.82. The number of carbonyl (C=O) groups excluding carboxylic acids is 1. The summed E-state index contributed by atoms with van der Waals surface area (Å²) in [7, 11) is 1.65. The topological polar surface area (TPSA) is 69.6 Å². The lowest BCUT2D eigenvalue weighted by Crippen LogP contribution is -2.43. The summed E-state index contributed by atoms with van der Waals surface area (Å²) in [6, 6.07) is 6.35. The van der Waals surface area contributed by atoms with Crippen LogP contribution < -0.4 is 5.32 Å². The zero-order valence-electron chi connectivity index (χ0n) is 11.8. The summed E-state index contributed by atoms with van der Waals surface area (Å²) in [4.78, 5) is 24.1. The van der Waals surface area contributed by atoms with Gasteiger partial charge in [0.25, 0.3) is 0 Å². The summed E-state index contributed by atoms with van der Waals surface area (Å²) >= 11 is 6.11. The van der Waals surface area contributed by atoms with Crippen LogP contribution in [-0.2, 0) is 4.79 Å². The van der Waals surface area contributed by atoms with Crippen molar-refractivity contribution >= 4 is 23.6 Å². The maximum atomic E-state index is 12.0. The number of carbonyl (C=O) groups is 2. The monoisotopic (exact) mass is 298 g/mol. The van der Waals surface area contributed by atoms with E-state index in [0.717, 1.165) is 5.56 Å². The Labute approximate surface area is 123 Å². The third-order valence-corrected chi connectivity index (χ3v) is 3.45. The Bertz CT molecular complexity index is 493. The highest BCUT2D eigenvalue weighted by Gasteiger charge is 2.21. The Kier molecular flexibility index (Phi) is 5.82. The van der Waals surface area contributed by atoms with Crippen LogP contribution in [-0.4, -0.2) is 35.1 Å². The van der Waals surface area contributed by atoms with Gasteiger partial charge in [0.2, 0.25) is 0 Å². The number of carboxylic acids is 1. The highest BCUT2D eigenvalue weighted by molar-refractivity contribution is 6.31. The molecule has 0 aliphatic carbocycles. The molecule has 6 heteroatoms. The van der Waals surface area contributed by atoms with Gasteiger partial charge in [-0.1, -0.05) is 29.8 Å². The maximum Gasteiger partial charge on any atom is 0.317 e. The minimum atomic E-state index is -0.945. The van der Waals surface area contributed by atoms with Gasteiger partial charge in [0.1, 0.15) is 0 Å². The fraction of sp³-hybridized carbons (Fsp3) is 0.429. The second kappa shape index (κ2) is 7.14. The minimum absolute atomic E-state index is 0.111. The van der Waals surface area contributed by atoms with E-state index in [0.29, 0.717) is 5.02 Å². The molecule has 2 unspecified atom stereocenters. The van der Waals surface area contributed by atoms with Crippen LogP contribution in [0.4, 0.5) is 4.79 Å². The van der Waals surface area contributed by atoms with Crippen LogP contribution in [0.2, 0.25) is 5.02 Å². The summed E-state index contributed by atoms with van der Waals surface area (Å²) in [5.74, 6) is -0.945. The summed E-state index contributed by atoms with van der Waals surface area (Å²) in [6.07, 6.45) is -0.111. The molecule has 1 aromatic rings. The number of carboxylic acid groups (broad SMARTS) is 1. The van der Waals surface area contributed by atoms with Crippen molar-refractivity contribution in [2.45, 2.75) is 32.4 Å². The first-order valence-corrected chi connectivity index (χ1v) is 6.70. The number of aliphatic carboxylic acids is 1. The smallest absolute Gasteiger partial charge is 0.317 e. The molecule has 1 rings (SSSR count). The van der Waals surface area contributed by atoms with Gasteiger partial charge in [0.05, 0.1) is 12.5 Å². The van der Waals surface area contributed by atoms with Crippen LogP contribution in [0.5, 0.6) is 0 Å². The molecule has 0 aromatic heterocycles. The molecule has 2 N–H and O–H groups in total. The quantitative estimate of drug-likeness (QED) is 0.878. The van der Waals surface area contributed by atoms with Crippen molar-refractivity contribution in [2.75, 3.05) is 7.05 Å². The number of nitrogens with zero attached hydrogens (tertiary/aromatic N) is 1. The van der Waals surface area contributed by atoms with E-state index in [1.54, 1.807) is 20.0 Å². The average molecular weight is 299 g/mol. The van der Waals surface area contributed by atoms with Crippen molar-refractivity contribution < 1.29 is 14.7 Å². The molecule has 2 atom stereocenters. The molecule has 0 fully saturated rings. The van der Waals surface area contributed by atoms with Gasteiger partial charge in [-0.25, -0.2) is 4.79 Å². The van der Waals surface area contributed by atoms with Gasteiger partial charge >= 0.3 is 12.0 Å². The molecule has 20 heavy (non-hydrogen) atoms. The summed E-state index contributed by atoms with van der Waals surface area (Å²) in [5, 5.41) is 11.9. The summed E-state index contributed by atoms with van der Waals surface area (Å²) in [6.45, 7) is 3.52. The van der Waals surface area contributed by atoms with Crippen molar-refractivity contribution in [1.82, 2.24) is 10.2 Å². The average Bonchev–Trinajstić information content (AvgIpc) is 2.36. The first kappa shape index (κ1) is 16.3. The highest BCUT2D eigenvalue weighted by atomic mass is 35.5. The van der Waals surface area contributed by atoms with Crippen molar-refractivity contribution in [2.24, 2.45) is 0 Å². The number of hydrogen-bond donors (Lipinski definition) is 2. The van der Waals surface area contributed by atoms with Gasteiger partial charge in [0, 0.05) is 18.1 Å². The molecule has 1 aromatic carbocycles. The SMILES string of the molecule is CC(CC(=O)O)NC(=O)N(C)C(C)c1ccccc1Cl. The second-order valence-electron chi connectivity index (χ2n) is 4.76. The number of hydrogen-bond acceptors (Lipinski definition) is 2. The Morgan fingerprint density at radius 2 is 1.95 bits per heavy atom. The lowest BCUT2D eigenvalue weighted by molar-refractivity contribution is -0.137. The van der Waals surface area contributed by atoms with E-state index in [1.807, 2.05) is 25.1 Å². The number of halogens is 1. The number of amides is 2. The molecular weight excluding hydrogens is 280 g/mol. The molecule has 0 bridgehead atoms. The van der Waals surface area contributed by atoms with Gasteiger partial charge in [-0.15, -0.1) is 0 Å². The normalized spacial score (nSPS) is 13.4. The van der Waals surface area contributed by atoms with Crippen molar-refractivity contribution in [3.8, 4) is 0 Å². The van der Waals surface area contributed by atoms with Crippen LogP contribution in [0.3, 0.4) is 0 Å². The Hall–Kier alpha value is -1.75. The first-order chi connectivity index (χ1) is 9.32. The molecule has 2 amide bonds. The van der Waals surface area contributed by atoms with Gasteiger partial charge in [0.15, 0.2) is 0 Å². The lowest BCUT2D eigenvalue weighted by Gasteiger charge is -2.27. The van der Waals surface area contributed by atoms with Crippen LogP contribution in [0, 0.1) is 0 Å². The van der Waals surface area contributed by atoms with Crippen molar-refractivity contribution in [3.05, 3.63) is 34.9 Å². The number of benzene rings is 1. The van der Waals surface area contributed by atoms with E-state index < -0.39 is 12.0 Å². The zero-order valence-corrected chi connectivity index (χ0v) is 12.5. The zero-order chi connectivity index (χ0) is 15.3. The summed E-state index contributed by atoms with van der Waals surface area (Å²) < 4.78 is 0. The van der Waals surface area contributed by atoms with E-state index in [1.165, 1.54) is 4.90 Å². The molecule has 0 heterocycles. The molecule has 0 spiro atoms. The number of nitrogens with one attached hydrogen (secondary N) is 1. The lowest BCUT2D eigenvalue weighted by atomic mass is 10.1.